The van der Waals surface area contributed by atoms with E-state index in [0.29, 0.717) is 214 Å². The number of aliphatic carboxylic acids is 2. The number of carbonyl (C=O) groups is 10. The van der Waals surface area contributed by atoms with Crippen molar-refractivity contribution in [2.45, 2.75) is 183 Å². The Morgan fingerprint density at radius 1 is 0.356 bits per heavy atom. The number of esters is 3. The molecule has 11 heterocycles. The molecule has 6 bridgehead atoms. The Labute approximate surface area is 704 Å². The summed E-state index contributed by atoms with van der Waals surface area (Å²) in [6, 6.07) is 17.8. The molecule has 33 heteroatoms. The van der Waals surface area contributed by atoms with Crippen LogP contribution in [-0.2, 0) is 116 Å². The van der Waals surface area contributed by atoms with E-state index < -0.39 is 28.7 Å². The maximum Gasteiger partial charge on any atom is 0.309 e. The number of halogens is 1. The largest absolute Gasteiger partial charge is 0.481 e. The molecule has 5 amide bonds. The maximum atomic E-state index is 13.3. The molecule has 5 saturated heterocycles. The van der Waals surface area contributed by atoms with Gasteiger partial charge in [-0.15, -0.1) is 0 Å². The topological polar surface area (TPSA) is 358 Å². The van der Waals surface area contributed by atoms with Crippen molar-refractivity contribution in [1.82, 2.24) is 69.7 Å². The van der Waals surface area contributed by atoms with E-state index in [2.05, 4.69) is 47.4 Å². The average Bonchev–Trinajstić information content (AvgIpc) is 0.845. The first-order chi connectivity index (χ1) is 56.2. The summed E-state index contributed by atoms with van der Waals surface area (Å²) >= 11 is 3.15. The number of likely N-dealkylation sites (tertiary alicyclic amines) is 5. The smallest absolute Gasteiger partial charge is 0.309 e. The quantitative estimate of drug-likeness (QED) is 0.0880. The Hall–Kier alpha value is -7.73. The lowest BCUT2D eigenvalue weighted by molar-refractivity contribution is -0.163. The van der Waals surface area contributed by atoms with Crippen molar-refractivity contribution in [1.29, 1.82) is 0 Å². The lowest BCUT2D eigenvalue weighted by Gasteiger charge is -2.34. The molecule has 0 unspecified atom stereocenters. The minimum Gasteiger partial charge on any atom is -0.481 e. The number of ether oxygens (including phenoxy) is 6. The number of hydrogen-bond donors (Lipinski definition) is 4. The lowest BCUT2D eigenvalue weighted by Crippen LogP contribution is -2.46. The Morgan fingerprint density at radius 2 is 0.585 bits per heavy atom. The number of aromatic nitrogens is 3. The third-order valence-corrected chi connectivity index (χ3v) is 22.0. The van der Waals surface area contributed by atoms with Crippen molar-refractivity contribution in [2.75, 3.05) is 176 Å². The second kappa shape index (κ2) is 48.1. The van der Waals surface area contributed by atoms with Crippen molar-refractivity contribution < 1.29 is 86.6 Å². The number of alkyl halides is 1. The van der Waals surface area contributed by atoms with Crippen molar-refractivity contribution in [3.8, 4) is 0 Å². The molecule has 32 nitrogen and oxygen atoms in total. The summed E-state index contributed by atoms with van der Waals surface area (Å²) in [5.74, 6) is -3.12. The standard InChI is InChI=1S/C35H55N5O7.C27H39N5O7.C12H20BrNO3.C11H17N3O/c1-34(2,3)46-32(43)26-10-14-39(15-11-26)30(41)24-37-18-20-45-21-19-38(23-29-9-7-8-28(22-37)36-29)25-31(42)40-16-12-27(13-17-40)33(44)47-35(4,5)6;33-24(31-8-4-20(5-9-31)26(35)36)18-29-12-14-39-15-13-30(17-23-3-1-2-22(16-29)28-23)19-25(34)32-10-6-21(7-11-32)27(37)38;1-12(2,3)17-11(16)9-4-6-14(7-5-9)10(15)8-13;1-2-10-8-12-4-6-15-7-5-13-9-11(3-1)14-10/h7-9,26-27H,10-25H2,1-6H3;1-3,20-21H,4-19H2,(H,35,36)(H,37,38);9H,4-8H2,1-3H3;1-3,12-13H,4-9H2. The number of rotatable bonds is 14. The van der Waals surface area contributed by atoms with Crippen molar-refractivity contribution in [3.63, 3.8) is 0 Å². The number of pyridine rings is 3. The van der Waals surface area contributed by atoms with Gasteiger partial charge in [0, 0.05) is 144 Å². The van der Waals surface area contributed by atoms with Crippen LogP contribution in [0, 0.1) is 29.6 Å². The summed E-state index contributed by atoms with van der Waals surface area (Å²) < 4.78 is 33.7. The zero-order valence-electron chi connectivity index (χ0n) is 71.2. The number of nitrogens with zero attached hydrogens (tertiary/aromatic N) is 12. The fourth-order valence-corrected chi connectivity index (χ4v) is 15.3. The van der Waals surface area contributed by atoms with E-state index in [-0.39, 0.29) is 103 Å². The van der Waals surface area contributed by atoms with Gasteiger partial charge in [-0.25, -0.2) is 0 Å². The number of piperidine rings is 5. The highest BCUT2D eigenvalue weighted by Crippen LogP contribution is 2.27. The van der Waals surface area contributed by atoms with Gasteiger partial charge >= 0.3 is 29.8 Å². The lowest BCUT2D eigenvalue weighted by atomic mass is 9.96. The average molecular weight is 1720 g/mol. The van der Waals surface area contributed by atoms with Crippen LogP contribution in [-0.4, -0.2) is 321 Å². The van der Waals surface area contributed by atoms with Crippen LogP contribution in [0.5, 0.6) is 0 Å². The fraction of sp³-hybridized carbons (Fsp3) is 0.706. The highest BCUT2D eigenvalue weighted by molar-refractivity contribution is 9.09. The van der Waals surface area contributed by atoms with Crippen molar-refractivity contribution in [3.05, 3.63) is 88.8 Å². The molecule has 656 valence electrons. The summed E-state index contributed by atoms with van der Waals surface area (Å²) in [4.78, 5) is 155. The normalized spacial score (nSPS) is 20.0. The van der Waals surface area contributed by atoms with E-state index in [0.717, 1.165) is 73.6 Å². The Morgan fingerprint density at radius 3 is 0.831 bits per heavy atom. The first-order valence-electron chi connectivity index (χ1n) is 42.2. The van der Waals surface area contributed by atoms with Crippen LogP contribution < -0.4 is 10.6 Å². The van der Waals surface area contributed by atoms with Gasteiger partial charge in [-0.1, -0.05) is 34.1 Å². The SMILES string of the molecule is CC(C)(C)OC(=O)C1CCN(C(=O)CBr)CC1.CC(C)(C)OC(=O)C1CCN(C(=O)CN2CCOCCN(CC(=O)N3CCC(C(=O)OC(C)(C)C)CC3)Cc3cccc(n3)C2)CC1.O=C(O)C1CCN(C(=O)CN2CCOCCN(CC(=O)N3CCC(C(=O)O)CC3)Cc3cccc(n3)C2)CC1.c1cc2nc(c1)CNCCOCCNC2. The minimum atomic E-state index is -0.795. The molecule has 8 aliphatic rings. The Bertz CT molecular complexity index is 3520. The van der Waals surface area contributed by atoms with Crippen LogP contribution in [0.25, 0.3) is 0 Å². The van der Waals surface area contributed by atoms with Gasteiger partial charge in [0.15, 0.2) is 0 Å². The molecular weight excluding hydrogens is 1580 g/mol. The number of fused-ring (bicyclic) bond motifs is 6. The second-order valence-corrected chi connectivity index (χ2v) is 35.1. The number of carboxylic acid groups (broad SMARTS) is 2. The fourth-order valence-electron chi connectivity index (χ4n) is 15.0. The Balaban J connectivity index is 0.000000217. The van der Waals surface area contributed by atoms with Crippen LogP contribution >= 0.6 is 15.9 Å². The van der Waals surface area contributed by atoms with E-state index >= 15 is 0 Å². The van der Waals surface area contributed by atoms with Gasteiger partial charge in [0.25, 0.3) is 0 Å². The molecule has 0 aromatic carbocycles. The van der Waals surface area contributed by atoms with E-state index in [9.17, 15) is 58.2 Å². The van der Waals surface area contributed by atoms with Crippen molar-refractivity contribution in [2.24, 2.45) is 29.6 Å². The number of carbonyl (C=O) groups excluding carboxylic acids is 8. The third kappa shape index (κ3) is 34.8. The van der Waals surface area contributed by atoms with E-state index in [1.54, 1.807) is 14.7 Å². The Kier molecular flexibility index (Phi) is 39.0. The van der Waals surface area contributed by atoms with E-state index in [1.165, 1.54) is 0 Å². The summed E-state index contributed by atoms with van der Waals surface area (Å²) in [5, 5.41) is 25.4. The van der Waals surface area contributed by atoms with Crippen LogP contribution in [0.1, 0.15) is 161 Å². The molecule has 0 radical (unpaired) electrons. The molecule has 11 rings (SSSR count). The maximum absolute atomic E-state index is 13.3. The molecular formula is C85H131BrN14O18. The second-order valence-electron chi connectivity index (χ2n) is 34.6. The summed E-state index contributed by atoms with van der Waals surface area (Å²) in [7, 11) is 0. The molecule has 0 atom stereocenters. The van der Waals surface area contributed by atoms with Crippen LogP contribution in [0.2, 0.25) is 0 Å². The highest BCUT2D eigenvalue weighted by Gasteiger charge is 2.36. The molecule has 3 aromatic rings. The highest BCUT2D eigenvalue weighted by atomic mass is 79.9. The van der Waals surface area contributed by atoms with Crippen molar-refractivity contribution >= 4 is 75.3 Å². The molecule has 118 heavy (non-hydrogen) atoms. The predicted octanol–water partition coefficient (Wildman–Crippen LogP) is 5.49. The zero-order valence-corrected chi connectivity index (χ0v) is 72.7. The minimum absolute atomic E-state index is 0.0147. The van der Waals surface area contributed by atoms with Gasteiger partial charge in [0.2, 0.25) is 29.5 Å². The van der Waals surface area contributed by atoms with Gasteiger partial charge in [0.05, 0.1) is 135 Å². The van der Waals surface area contributed by atoms with E-state index in [1.807, 2.05) is 130 Å². The van der Waals surface area contributed by atoms with Gasteiger partial charge in [0.1, 0.15) is 16.8 Å². The zero-order chi connectivity index (χ0) is 85.4. The third-order valence-electron chi connectivity index (χ3n) is 21.5. The van der Waals surface area contributed by atoms with E-state index in [4.69, 9.17) is 38.4 Å². The van der Waals surface area contributed by atoms with Crippen LogP contribution in [0.4, 0.5) is 0 Å². The molecule has 4 N–H and O–H groups in total. The first-order valence-corrected chi connectivity index (χ1v) is 43.3. The monoisotopic (exact) mass is 1710 g/mol. The summed E-state index contributed by atoms with van der Waals surface area (Å²) in [5.41, 5.74) is 4.09. The van der Waals surface area contributed by atoms with Crippen LogP contribution in [0.3, 0.4) is 0 Å². The molecule has 3 aromatic heterocycles. The van der Waals surface area contributed by atoms with Crippen LogP contribution in [0.15, 0.2) is 54.6 Å². The number of carboxylic acids is 2. The number of nitrogens with one attached hydrogen (secondary N) is 2. The predicted molar refractivity (Wildman–Crippen MR) is 443 cm³/mol. The molecule has 0 spiro atoms. The summed E-state index contributed by atoms with van der Waals surface area (Å²) in [6.45, 7) is 33.9. The van der Waals surface area contributed by atoms with Gasteiger partial charge in [-0.05, 0) is 163 Å². The van der Waals surface area contributed by atoms with Gasteiger partial charge < -0.3 is 73.8 Å². The van der Waals surface area contributed by atoms with Gasteiger partial charge in [-0.2, -0.15) is 0 Å². The van der Waals surface area contributed by atoms with Gasteiger partial charge in [-0.3, -0.25) is 82.5 Å². The number of hydrogen-bond acceptors (Lipinski definition) is 25. The molecule has 0 aliphatic carbocycles. The molecule has 5 fully saturated rings. The molecule has 8 aliphatic heterocycles. The molecule has 0 saturated carbocycles. The summed E-state index contributed by atoms with van der Waals surface area (Å²) in [6.07, 6.45) is 5.75. The first kappa shape index (κ1) is 95.7. The number of amides is 5.